The summed E-state index contributed by atoms with van der Waals surface area (Å²) in [6, 6.07) is 0. The Morgan fingerprint density at radius 3 is 1.87 bits per heavy atom. The topological polar surface area (TPSA) is 52.8 Å². The third kappa shape index (κ3) is 4.90. The molecule has 0 aliphatic carbocycles. The van der Waals surface area contributed by atoms with Crippen molar-refractivity contribution in [3.8, 4) is 0 Å². The Balaban J connectivity index is 1.45. The largest absolute Gasteiger partial charge is 0.377 e. The Morgan fingerprint density at radius 2 is 1.53 bits per heavy atom. The molecule has 0 amide bonds. The molecule has 0 spiro atoms. The molecule has 0 N–H and O–H groups in total. The fraction of sp³-hybridized carbons (Fsp3) is 1.00. The van der Waals surface area contributed by atoms with Gasteiger partial charge in [0.25, 0.3) is 0 Å². The fourth-order valence-corrected chi connectivity index (χ4v) is 1.17. The quantitative estimate of drug-likeness (QED) is 0.503. The molecule has 2 fully saturated rings. The number of methoxy groups -OCH3 is 1. The van der Waals surface area contributed by atoms with E-state index < -0.39 is 0 Å². The summed E-state index contributed by atoms with van der Waals surface area (Å²) in [5.74, 6) is 0. The lowest BCUT2D eigenvalue weighted by molar-refractivity contribution is -0.0447. The number of hydrogen-bond acceptors (Lipinski definition) is 5. The lowest BCUT2D eigenvalue weighted by Gasteiger charge is -2.15. The predicted octanol–water partition coefficient (Wildman–Crippen LogP) is -0.168. The normalized spacial score (nSPS) is 30.2. The van der Waals surface area contributed by atoms with E-state index in [-0.39, 0.29) is 6.10 Å². The van der Waals surface area contributed by atoms with Gasteiger partial charge in [0, 0.05) is 7.11 Å². The first-order chi connectivity index (χ1) is 7.38. The summed E-state index contributed by atoms with van der Waals surface area (Å²) in [5.41, 5.74) is 0. The van der Waals surface area contributed by atoms with Crippen molar-refractivity contribution in [2.45, 2.75) is 18.3 Å². The molecule has 0 aromatic heterocycles. The number of ether oxygens (including phenoxy) is 5. The van der Waals surface area contributed by atoms with Gasteiger partial charge in [0.15, 0.2) is 0 Å². The van der Waals surface area contributed by atoms with Crippen LogP contribution in [0.15, 0.2) is 0 Å². The van der Waals surface area contributed by atoms with Crippen molar-refractivity contribution in [2.75, 3.05) is 46.8 Å². The van der Waals surface area contributed by atoms with Crippen LogP contribution < -0.4 is 0 Å². The van der Waals surface area contributed by atoms with E-state index in [2.05, 4.69) is 0 Å². The first kappa shape index (κ1) is 11.3. The van der Waals surface area contributed by atoms with Crippen LogP contribution >= 0.6 is 0 Å². The first-order valence-electron chi connectivity index (χ1n) is 5.30. The number of hydrogen-bond donors (Lipinski definition) is 0. The minimum absolute atomic E-state index is 0.00231. The van der Waals surface area contributed by atoms with E-state index in [1.165, 1.54) is 0 Å². The highest BCUT2D eigenvalue weighted by molar-refractivity contribution is 4.69. The minimum Gasteiger partial charge on any atom is -0.377 e. The van der Waals surface area contributed by atoms with Crippen molar-refractivity contribution in [3.63, 3.8) is 0 Å². The maximum atomic E-state index is 5.42. The van der Waals surface area contributed by atoms with Crippen molar-refractivity contribution in [3.05, 3.63) is 0 Å². The highest BCUT2D eigenvalue weighted by Gasteiger charge is 2.24. The van der Waals surface area contributed by atoms with Crippen LogP contribution in [0.1, 0.15) is 0 Å². The second-order valence-corrected chi connectivity index (χ2v) is 3.84. The van der Waals surface area contributed by atoms with Crippen LogP contribution in [0.3, 0.4) is 0 Å². The molecule has 2 heterocycles. The van der Waals surface area contributed by atoms with Crippen LogP contribution in [0.4, 0.5) is 0 Å². The molecule has 15 heavy (non-hydrogen) atoms. The molecule has 88 valence electrons. The molecule has 2 aliphatic rings. The average molecular weight is 218 g/mol. The number of epoxide rings is 2. The highest BCUT2D eigenvalue weighted by atomic mass is 16.6. The Bertz CT molecular complexity index is 161. The minimum atomic E-state index is 0.00231. The Morgan fingerprint density at radius 1 is 1.07 bits per heavy atom. The van der Waals surface area contributed by atoms with Crippen LogP contribution in [0.25, 0.3) is 0 Å². The maximum Gasteiger partial charge on any atom is 0.104 e. The van der Waals surface area contributed by atoms with E-state index in [4.69, 9.17) is 23.7 Å². The van der Waals surface area contributed by atoms with Gasteiger partial charge in [0.2, 0.25) is 0 Å². The number of rotatable bonds is 9. The summed E-state index contributed by atoms with van der Waals surface area (Å²) in [4.78, 5) is 0. The Hall–Kier alpha value is -0.200. The van der Waals surface area contributed by atoms with Gasteiger partial charge < -0.3 is 23.7 Å². The first-order valence-corrected chi connectivity index (χ1v) is 5.30. The van der Waals surface area contributed by atoms with Gasteiger partial charge in [-0.15, -0.1) is 0 Å². The molecule has 2 saturated heterocycles. The Labute approximate surface area is 89.6 Å². The highest BCUT2D eigenvalue weighted by Crippen LogP contribution is 2.10. The molecular formula is C10H18O5. The third-order valence-electron chi connectivity index (χ3n) is 2.35. The van der Waals surface area contributed by atoms with Crippen LogP contribution in [0.5, 0.6) is 0 Å². The smallest absolute Gasteiger partial charge is 0.104 e. The van der Waals surface area contributed by atoms with E-state index in [0.717, 1.165) is 13.2 Å². The van der Waals surface area contributed by atoms with Gasteiger partial charge in [0.05, 0.1) is 39.6 Å². The molecule has 0 aromatic rings. The van der Waals surface area contributed by atoms with Gasteiger partial charge in [-0.25, -0.2) is 0 Å². The van der Waals surface area contributed by atoms with Gasteiger partial charge >= 0.3 is 0 Å². The van der Waals surface area contributed by atoms with Crippen molar-refractivity contribution in [1.82, 2.24) is 0 Å². The molecule has 0 saturated carbocycles. The predicted molar refractivity (Wildman–Crippen MR) is 51.9 cm³/mol. The van der Waals surface area contributed by atoms with Gasteiger partial charge in [-0.1, -0.05) is 0 Å². The molecule has 5 heteroatoms. The maximum absolute atomic E-state index is 5.42. The van der Waals surface area contributed by atoms with Crippen LogP contribution in [-0.4, -0.2) is 65.1 Å². The average Bonchev–Trinajstić information content (AvgIpc) is 3.09. The molecule has 2 aliphatic heterocycles. The third-order valence-corrected chi connectivity index (χ3v) is 2.35. The summed E-state index contributed by atoms with van der Waals surface area (Å²) in [5, 5.41) is 0. The SMILES string of the molecule is COC(COCC1CO1)COCC1CO1. The molecule has 2 unspecified atom stereocenters. The molecule has 2 rings (SSSR count). The monoisotopic (exact) mass is 218 g/mol. The molecule has 0 aromatic carbocycles. The van der Waals surface area contributed by atoms with Gasteiger partial charge in [-0.3, -0.25) is 0 Å². The van der Waals surface area contributed by atoms with E-state index in [9.17, 15) is 0 Å². The van der Waals surface area contributed by atoms with Gasteiger partial charge in [-0.05, 0) is 0 Å². The summed E-state index contributed by atoms with van der Waals surface area (Å²) in [6.07, 6.45) is 0.620. The van der Waals surface area contributed by atoms with Crippen molar-refractivity contribution in [2.24, 2.45) is 0 Å². The zero-order chi connectivity index (χ0) is 10.5. The molecule has 2 atom stereocenters. The second-order valence-electron chi connectivity index (χ2n) is 3.84. The van der Waals surface area contributed by atoms with Crippen molar-refractivity contribution >= 4 is 0 Å². The second kappa shape index (κ2) is 5.77. The van der Waals surface area contributed by atoms with E-state index in [1.54, 1.807) is 7.11 Å². The summed E-state index contributed by atoms with van der Waals surface area (Å²) >= 11 is 0. The molecule has 5 nitrogen and oxygen atoms in total. The van der Waals surface area contributed by atoms with Crippen molar-refractivity contribution in [1.29, 1.82) is 0 Å². The van der Waals surface area contributed by atoms with E-state index in [1.807, 2.05) is 0 Å². The zero-order valence-corrected chi connectivity index (χ0v) is 9.02. The van der Waals surface area contributed by atoms with Crippen LogP contribution in [-0.2, 0) is 23.7 Å². The standard InChI is InChI=1S/C10H18O5/c1-11-8(2-12-4-9-6-14-9)3-13-5-10-7-15-10/h8-10H,2-7H2,1H3. The van der Waals surface area contributed by atoms with Crippen LogP contribution in [0, 0.1) is 0 Å². The zero-order valence-electron chi connectivity index (χ0n) is 9.02. The molecule has 0 bridgehead atoms. The van der Waals surface area contributed by atoms with Crippen LogP contribution in [0.2, 0.25) is 0 Å². The van der Waals surface area contributed by atoms with Gasteiger partial charge in [0.1, 0.15) is 18.3 Å². The summed E-state index contributed by atoms with van der Waals surface area (Å²) < 4.78 is 26.1. The fourth-order valence-electron chi connectivity index (χ4n) is 1.17. The summed E-state index contributed by atoms with van der Waals surface area (Å²) in [6.45, 7) is 4.08. The lowest BCUT2D eigenvalue weighted by atomic mass is 10.4. The lowest BCUT2D eigenvalue weighted by Crippen LogP contribution is -2.26. The van der Waals surface area contributed by atoms with E-state index in [0.29, 0.717) is 38.6 Å². The summed E-state index contributed by atoms with van der Waals surface area (Å²) in [7, 11) is 1.67. The van der Waals surface area contributed by atoms with Crippen molar-refractivity contribution < 1.29 is 23.7 Å². The molecular weight excluding hydrogens is 200 g/mol. The van der Waals surface area contributed by atoms with Gasteiger partial charge in [-0.2, -0.15) is 0 Å². The Kier molecular flexibility index (Phi) is 4.34. The molecule has 0 radical (unpaired) electrons. The van der Waals surface area contributed by atoms with E-state index >= 15 is 0 Å².